The summed E-state index contributed by atoms with van der Waals surface area (Å²) < 4.78 is 28.9. The van der Waals surface area contributed by atoms with Crippen LogP contribution in [-0.4, -0.2) is 68.8 Å². The van der Waals surface area contributed by atoms with Crippen molar-refractivity contribution in [3.05, 3.63) is 0 Å². The van der Waals surface area contributed by atoms with Gasteiger partial charge in [0.25, 0.3) is 0 Å². The lowest BCUT2D eigenvalue weighted by Gasteiger charge is -2.38. The number of ether oxygens (including phenoxy) is 4. The number of Topliss-reactive ketones (excluding diaryl/α,β-unsaturated/α-hetero) is 1. The molecule has 6 nitrogen and oxygen atoms in total. The lowest BCUT2D eigenvalue weighted by molar-refractivity contribution is -0.132. The summed E-state index contributed by atoms with van der Waals surface area (Å²) in [5.74, 6) is 2.92. The minimum absolute atomic E-state index is 0.0273. The average Bonchev–Trinajstić information content (AvgIpc) is 2.74. The molecule has 0 aliphatic carbocycles. The van der Waals surface area contributed by atoms with E-state index in [9.17, 15) is 4.79 Å². The van der Waals surface area contributed by atoms with Gasteiger partial charge in [-0.25, -0.2) is 0 Å². The summed E-state index contributed by atoms with van der Waals surface area (Å²) in [5, 5.41) is 0.161. The standard InChI is InChI=1S/C27H54O6Si2/c1-21(26(32-20-30-8)22(2)18-33-35(12,13)27(4,5)6)14-15-25(31-19-29-7)23(3)24(28)16-17-34(9,10)11/h21-23,25-26H,14-15,18-20H2,1-13H3/t21-,22-,23-,25-,26-/m0/s1. The van der Waals surface area contributed by atoms with Crippen molar-refractivity contribution < 1.29 is 28.2 Å². The van der Waals surface area contributed by atoms with E-state index in [1.165, 1.54) is 0 Å². The van der Waals surface area contributed by atoms with Crippen molar-refractivity contribution >= 4 is 22.2 Å². The number of rotatable bonds is 16. The van der Waals surface area contributed by atoms with Crippen LogP contribution in [0.3, 0.4) is 0 Å². The van der Waals surface area contributed by atoms with Crippen molar-refractivity contribution in [3.63, 3.8) is 0 Å². The molecular weight excluding hydrogens is 476 g/mol. The first kappa shape index (κ1) is 34.5. The van der Waals surface area contributed by atoms with E-state index in [1.54, 1.807) is 14.2 Å². The summed E-state index contributed by atoms with van der Waals surface area (Å²) in [5.41, 5.74) is 3.18. The van der Waals surface area contributed by atoms with Gasteiger partial charge in [0.2, 0.25) is 5.78 Å². The molecule has 0 heterocycles. The number of hydrogen-bond acceptors (Lipinski definition) is 6. The average molecular weight is 531 g/mol. The Labute approximate surface area is 218 Å². The molecule has 206 valence electrons. The Bertz CT molecular complexity index is 672. The second kappa shape index (κ2) is 15.7. The Balaban J connectivity index is 5.34. The van der Waals surface area contributed by atoms with Crippen molar-refractivity contribution in [2.45, 2.75) is 104 Å². The molecule has 0 unspecified atom stereocenters. The van der Waals surface area contributed by atoms with Crippen LogP contribution >= 0.6 is 0 Å². The van der Waals surface area contributed by atoms with E-state index in [0.717, 1.165) is 6.42 Å². The molecule has 0 radical (unpaired) electrons. The fraction of sp³-hybridized carbons (Fsp3) is 0.889. The third kappa shape index (κ3) is 13.5. The largest absolute Gasteiger partial charge is 0.416 e. The van der Waals surface area contributed by atoms with E-state index in [-0.39, 0.29) is 54.4 Å². The van der Waals surface area contributed by atoms with Crippen LogP contribution in [-0.2, 0) is 28.2 Å². The molecule has 0 N–H and O–H groups in total. The summed E-state index contributed by atoms with van der Waals surface area (Å²) in [4.78, 5) is 12.8. The van der Waals surface area contributed by atoms with Gasteiger partial charge >= 0.3 is 0 Å². The van der Waals surface area contributed by atoms with Crippen LogP contribution in [0.25, 0.3) is 0 Å². The van der Waals surface area contributed by atoms with Gasteiger partial charge in [-0.2, -0.15) is 0 Å². The van der Waals surface area contributed by atoms with Crippen LogP contribution in [0, 0.1) is 29.2 Å². The first-order valence-corrected chi connectivity index (χ1v) is 19.3. The first-order valence-electron chi connectivity index (χ1n) is 12.9. The number of methoxy groups -OCH3 is 2. The van der Waals surface area contributed by atoms with E-state index in [2.05, 4.69) is 78.8 Å². The van der Waals surface area contributed by atoms with Gasteiger partial charge in [-0.3, -0.25) is 4.79 Å². The monoisotopic (exact) mass is 530 g/mol. The molecule has 0 fully saturated rings. The number of carbonyl (C=O) groups is 1. The SMILES string of the molecule is COCO[C@@H]([C@@H](C)CC[C@H](OCOC)[C@@H](C)C(=O)C#C[Si](C)(C)C)[C@@H](C)CO[Si](C)(C)C(C)(C)C. The quantitative estimate of drug-likeness (QED) is 0.136. The molecule has 0 aliphatic rings. The lowest BCUT2D eigenvalue weighted by atomic mass is 9.87. The van der Waals surface area contributed by atoms with Gasteiger partial charge in [0.1, 0.15) is 21.7 Å². The predicted octanol–water partition coefficient (Wildman–Crippen LogP) is 6.12. The van der Waals surface area contributed by atoms with E-state index in [1.807, 2.05) is 6.92 Å². The Morgan fingerprint density at radius 3 is 1.89 bits per heavy atom. The van der Waals surface area contributed by atoms with Gasteiger partial charge in [0.15, 0.2) is 8.32 Å². The molecule has 0 amide bonds. The molecule has 0 aromatic heterocycles. The molecule has 0 spiro atoms. The smallest absolute Gasteiger partial charge is 0.210 e. The molecule has 5 atom stereocenters. The van der Waals surface area contributed by atoms with Crippen molar-refractivity contribution in [2.75, 3.05) is 34.4 Å². The maximum atomic E-state index is 12.8. The zero-order valence-electron chi connectivity index (χ0n) is 24.9. The molecule has 35 heavy (non-hydrogen) atoms. The minimum atomic E-state index is -1.85. The normalized spacial score (nSPS) is 17.2. The molecule has 0 saturated carbocycles. The van der Waals surface area contributed by atoms with Gasteiger partial charge in [-0.05, 0) is 42.8 Å². The Morgan fingerprint density at radius 2 is 1.40 bits per heavy atom. The van der Waals surface area contributed by atoms with Crippen molar-refractivity contribution in [3.8, 4) is 11.5 Å². The summed E-state index contributed by atoms with van der Waals surface area (Å²) in [6.45, 7) is 25.0. The van der Waals surface area contributed by atoms with Crippen molar-refractivity contribution in [1.82, 2.24) is 0 Å². The second-order valence-electron chi connectivity index (χ2n) is 12.4. The van der Waals surface area contributed by atoms with E-state index >= 15 is 0 Å². The van der Waals surface area contributed by atoms with Crippen molar-refractivity contribution in [1.29, 1.82) is 0 Å². The van der Waals surface area contributed by atoms with Crippen LogP contribution in [0.4, 0.5) is 0 Å². The summed E-state index contributed by atoms with van der Waals surface area (Å²) >= 11 is 0. The number of ketones is 1. The first-order chi connectivity index (χ1) is 16.0. The van der Waals surface area contributed by atoms with Gasteiger partial charge < -0.3 is 23.4 Å². The highest BCUT2D eigenvalue weighted by Crippen LogP contribution is 2.37. The summed E-state index contributed by atoms with van der Waals surface area (Å²) in [6.07, 6.45) is 1.27. The zero-order valence-corrected chi connectivity index (χ0v) is 26.9. The minimum Gasteiger partial charge on any atom is -0.416 e. The summed E-state index contributed by atoms with van der Waals surface area (Å²) in [7, 11) is -0.235. The van der Waals surface area contributed by atoms with Gasteiger partial charge in [-0.1, -0.05) is 61.2 Å². The highest BCUT2D eigenvalue weighted by molar-refractivity contribution is 6.84. The molecule has 0 aromatic carbocycles. The Kier molecular flexibility index (Phi) is 15.4. The fourth-order valence-electron chi connectivity index (χ4n) is 3.44. The molecule has 8 heteroatoms. The number of hydrogen-bond donors (Lipinski definition) is 0. The fourth-order valence-corrected chi connectivity index (χ4v) is 5.05. The lowest BCUT2D eigenvalue weighted by Crippen LogP contribution is -2.43. The predicted molar refractivity (Wildman–Crippen MR) is 150 cm³/mol. The molecule has 0 aromatic rings. The maximum absolute atomic E-state index is 12.8. The molecule has 0 bridgehead atoms. The van der Waals surface area contributed by atoms with Gasteiger partial charge in [-0.15, -0.1) is 5.54 Å². The highest BCUT2D eigenvalue weighted by atomic mass is 28.4. The topological polar surface area (TPSA) is 63.2 Å². The second-order valence-corrected chi connectivity index (χ2v) is 22.0. The van der Waals surface area contributed by atoms with E-state index < -0.39 is 16.4 Å². The Hall–Kier alpha value is -0.536. The molecule has 0 saturated heterocycles. The third-order valence-electron chi connectivity index (χ3n) is 6.85. The van der Waals surface area contributed by atoms with E-state index in [4.69, 9.17) is 23.4 Å². The van der Waals surface area contributed by atoms with Crippen molar-refractivity contribution in [2.24, 2.45) is 17.8 Å². The van der Waals surface area contributed by atoms with Crippen LogP contribution in [0.1, 0.15) is 54.4 Å². The van der Waals surface area contributed by atoms with Gasteiger partial charge in [0.05, 0.1) is 18.1 Å². The van der Waals surface area contributed by atoms with Crippen LogP contribution in [0.15, 0.2) is 0 Å². The van der Waals surface area contributed by atoms with Gasteiger partial charge in [0, 0.05) is 26.7 Å². The summed E-state index contributed by atoms with van der Waals surface area (Å²) in [6, 6.07) is 0. The van der Waals surface area contributed by atoms with Crippen LogP contribution < -0.4 is 0 Å². The van der Waals surface area contributed by atoms with Crippen LogP contribution in [0.5, 0.6) is 0 Å². The van der Waals surface area contributed by atoms with Crippen LogP contribution in [0.2, 0.25) is 37.8 Å². The highest BCUT2D eigenvalue weighted by Gasteiger charge is 2.38. The molecule has 0 rings (SSSR count). The Morgan fingerprint density at radius 1 is 0.857 bits per heavy atom. The van der Waals surface area contributed by atoms with E-state index in [0.29, 0.717) is 13.0 Å². The third-order valence-corrected chi connectivity index (χ3v) is 12.2. The maximum Gasteiger partial charge on any atom is 0.210 e. The molecule has 0 aliphatic heterocycles. The molecular formula is C27H54O6Si2. The zero-order chi connectivity index (χ0) is 27.4. The number of carbonyl (C=O) groups excluding carboxylic acids is 1.